The predicted molar refractivity (Wildman–Crippen MR) is 80.8 cm³/mol. The standard InChI is InChI=1S/C13H16N2O2S2/c14-11(12(16)17)9-19-13(15-6-7-18-13)8-10-4-2-1-3-5-10/h1-7,11,15H,8-9,14H2,(H,16,17)/t11-,13?/m0/s1. The van der Waals surface area contributed by atoms with Gasteiger partial charge in [0.25, 0.3) is 0 Å². The van der Waals surface area contributed by atoms with E-state index in [1.54, 1.807) is 23.5 Å². The highest BCUT2D eigenvalue weighted by Gasteiger charge is 2.33. The van der Waals surface area contributed by atoms with Crippen molar-refractivity contribution in [2.24, 2.45) is 5.73 Å². The van der Waals surface area contributed by atoms with E-state index in [1.807, 2.05) is 29.8 Å². The van der Waals surface area contributed by atoms with Crippen molar-refractivity contribution in [1.29, 1.82) is 0 Å². The normalized spacial score (nSPS) is 23.0. The summed E-state index contributed by atoms with van der Waals surface area (Å²) in [5.41, 5.74) is 6.78. The first-order valence-electron chi connectivity index (χ1n) is 5.88. The number of rotatable bonds is 6. The third-order valence-corrected chi connectivity index (χ3v) is 5.53. The first-order chi connectivity index (χ1) is 9.11. The number of aliphatic carboxylic acids is 1. The van der Waals surface area contributed by atoms with Crippen LogP contribution >= 0.6 is 23.5 Å². The molecule has 0 amide bonds. The van der Waals surface area contributed by atoms with Crippen molar-refractivity contribution in [1.82, 2.24) is 5.32 Å². The largest absolute Gasteiger partial charge is 0.480 e. The second-order valence-corrected chi connectivity index (χ2v) is 7.02. The number of hydrogen-bond acceptors (Lipinski definition) is 5. The summed E-state index contributed by atoms with van der Waals surface area (Å²) in [5, 5.41) is 14.1. The second kappa shape index (κ2) is 6.36. The molecule has 1 unspecified atom stereocenters. The molecule has 0 fully saturated rings. The van der Waals surface area contributed by atoms with Gasteiger partial charge in [0, 0.05) is 18.4 Å². The average Bonchev–Trinajstić information content (AvgIpc) is 2.86. The molecule has 2 atom stereocenters. The summed E-state index contributed by atoms with van der Waals surface area (Å²) in [7, 11) is 0. The number of benzene rings is 1. The highest BCUT2D eigenvalue weighted by atomic mass is 32.2. The Morgan fingerprint density at radius 2 is 2.21 bits per heavy atom. The average molecular weight is 296 g/mol. The van der Waals surface area contributed by atoms with Crippen molar-refractivity contribution in [2.45, 2.75) is 16.7 Å². The third kappa shape index (κ3) is 3.92. The molecule has 0 bridgehead atoms. The van der Waals surface area contributed by atoms with Gasteiger partial charge in [-0.3, -0.25) is 4.79 Å². The van der Waals surface area contributed by atoms with Gasteiger partial charge in [-0.1, -0.05) is 42.1 Å². The lowest BCUT2D eigenvalue weighted by atomic mass is 10.1. The van der Waals surface area contributed by atoms with Gasteiger partial charge in [0.2, 0.25) is 0 Å². The number of thioether (sulfide) groups is 2. The fraction of sp³-hybridized carbons (Fsp3) is 0.308. The highest BCUT2D eigenvalue weighted by molar-refractivity contribution is 8.19. The van der Waals surface area contributed by atoms with Crippen molar-refractivity contribution in [3.63, 3.8) is 0 Å². The van der Waals surface area contributed by atoms with E-state index in [0.29, 0.717) is 5.75 Å². The van der Waals surface area contributed by atoms with E-state index in [2.05, 4.69) is 17.4 Å². The van der Waals surface area contributed by atoms with E-state index in [4.69, 9.17) is 10.8 Å². The van der Waals surface area contributed by atoms with Crippen molar-refractivity contribution in [3.05, 3.63) is 47.5 Å². The molecule has 0 radical (unpaired) electrons. The molecule has 0 spiro atoms. The third-order valence-electron chi connectivity index (χ3n) is 2.72. The number of nitrogens with one attached hydrogen (secondary N) is 1. The summed E-state index contributed by atoms with van der Waals surface area (Å²) in [6.45, 7) is 0. The van der Waals surface area contributed by atoms with E-state index in [1.165, 1.54) is 5.56 Å². The van der Waals surface area contributed by atoms with Crippen LogP contribution < -0.4 is 11.1 Å². The van der Waals surface area contributed by atoms with E-state index in [0.717, 1.165) is 6.42 Å². The molecule has 102 valence electrons. The van der Waals surface area contributed by atoms with Crippen LogP contribution in [0.5, 0.6) is 0 Å². The van der Waals surface area contributed by atoms with Crippen LogP contribution in [0, 0.1) is 0 Å². The Bertz CT molecular complexity index is 457. The SMILES string of the molecule is N[C@@H](CSC1(Cc2ccccc2)NC=CS1)C(=O)O. The predicted octanol–water partition coefficient (Wildman–Crippen LogP) is 1.84. The van der Waals surface area contributed by atoms with Crippen LogP contribution in [0.4, 0.5) is 0 Å². The van der Waals surface area contributed by atoms with Gasteiger partial charge < -0.3 is 16.2 Å². The summed E-state index contributed by atoms with van der Waals surface area (Å²) in [6.07, 6.45) is 2.70. The van der Waals surface area contributed by atoms with E-state index < -0.39 is 12.0 Å². The number of carbonyl (C=O) groups is 1. The Hall–Kier alpha value is -1.11. The lowest BCUT2D eigenvalue weighted by molar-refractivity contribution is -0.137. The maximum Gasteiger partial charge on any atom is 0.321 e. The Morgan fingerprint density at radius 1 is 1.47 bits per heavy atom. The van der Waals surface area contributed by atoms with Gasteiger partial charge in [0.1, 0.15) is 10.2 Å². The molecule has 1 aliphatic rings. The van der Waals surface area contributed by atoms with Crippen LogP contribution in [0.1, 0.15) is 5.56 Å². The minimum Gasteiger partial charge on any atom is -0.480 e. The van der Waals surface area contributed by atoms with E-state index in [-0.39, 0.29) is 4.20 Å². The molecule has 2 rings (SSSR count). The molecule has 1 heterocycles. The zero-order chi connectivity index (χ0) is 13.7. The van der Waals surface area contributed by atoms with Crippen LogP contribution in [0.15, 0.2) is 41.9 Å². The summed E-state index contributed by atoms with van der Waals surface area (Å²) in [5.74, 6) is -0.581. The molecule has 19 heavy (non-hydrogen) atoms. The van der Waals surface area contributed by atoms with Crippen LogP contribution in [0.2, 0.25) is 0 Å². The quantitative estimate of drug-likeness (QED) is 0.744. The Kier molecular flexibility index (Phi) is 4.79. The van der Waals surface area contributed by atoms with Gasteiger partial charge in [-0.2, -0.15) is 0 Å². The molecular weight excluding hydrogens is 280 g/mol. The molecule has 1 aliphatic heterocycles. The fourth-order valence-electron chi connectivity index (χ4n) is 1.72. The molecule has 0 aliphatic carbocycles. The molecule has 1 aromatic carbocycles. The lowest BCUT2D eigenvalue weighted by Gasteiger charge is -2.29. The summed E-state index contributed by atoms with van der Waals surface area (Å²) >= 11 is 3.21. The van der Waals surface area contributed by atoms with Crippen LogP contribution in [0.25, 0.3) is 0 Å². The van der Waals surface area contributed by atoms with Gasteiger partial charge in [0.05, 0.1) is 0 Å². The Balaban J connectivity index is 2.00. The molecular formula is C13H16N2O2S2. The molecule has 0 saturated carbocycles. The molecule has 4 N–H and O–H groups in total. The molecule has 0 aromatic heterocycles. The summed E-state index contributed by atoms with van der Waals surface area (Å²) in [6, 6.07) is 9.30. The first kappa shape index (κ1) is 14.3. The summed E-state index contributed by atoms with van der Waals surface area (Å²) < 4.78 is -0.256. The fourth-order valence-corrected chi connectivity index (χ4v) is 4.12. The first-order valence-corrected chi connectivity index (χ1v) is 7.75. The zero-order valence-electron chi connectivity index (χ0n) is 10.3. The molecule has 0 saturated heterocycles. The maximum absolute atomic E-state index is 10.8. The van der Waals surface area contributed by atoms with Crippen molar-refractivity contribution >= 4 is 29.5 Å². The van der Waals surface area contributed by atoms with Gasteiger partial charge in [-0.15, -0.1) is 11.8 Å². The van der Waals surface area contributed by atoms with Crippen molar-refractivity contribution in [2.75, 3.05) is 5.75 Å². The van der Waals surface area contributed by atoms with Crippen molar-refractivity contribution in [3.8, 4) is 0 Å². The number of carboxylic acids is 1. The van der Waals surface area contributed by atoms with Crippen molar-refractivity contribution < 1.29 is 9.90 Å². The Labute approximate surface area is 120 Å². The highest BCUT2D eigenvalue weighted by Crippen LogP contribution is 2.41. The maximum atomic E-state index is 10.8. The minimum atomic E-state index is -0.960. The zero-order valence-corrected chi connectivity index (χ0v) is 11.9. The molecule has 4 nitrogen and oxygen atoms in total. The lowest BCUT2D eigenvalue weighted by Crippen LogP contribution is -2.39. The van der Waals surface area contributed by atoms with Crippen LogP contribution in [-0.4, -0.2) is 27.1 Å². The smallest absolute Gasteiger partial charge is 0.321 e. The minimum absolute atomic E-state index is 0.256. The van der Waals surface area contributed by atoms with E-state index in [9.17, 15) is 4.79 Å². The van der Waals surface area contributed by atoms with Crippen LogP contribution in [-0.2, 0) is 11.2 Å². The second-order valence-electron chi connectivity index (χ2n) is 4.24. The van der Waals surface area contributed by atoms with Crippen LogP contribution in [0.3, 0.4) is 0 Å². The molecule has 6 heteroatoms. The molecule has 1 aromatic rings. The van der Waals surface area contributed by atoms with Gasteiger partial charge >= 0.3 is 5.97 Å². The number of hydrogen-bond donors (Lipinski definition) is 3. The Morgan fingerprint density at radius 3 is 2.79 bits per heavy atom. The van der Waals surface area contributed by atoms with Gasteiger partial charge in [-0.05, 0) is 11.0 Å². The monoisotopic (exact) mass is 296 g/mol. The van der Waals surface area contributed by atoms with Gasteiger partial charge in [-0.25, -0.2) is 0 Å². The number of nitrogens with two attached hydrogens (primary N) is 1. The van der Waals surface area contributed by atoms with E-state index >= 15 is 0 Å². The number of carboxylic acid groups (broad SMARTS) is 1. The topological polar surface area (TPSA) is 75.3 Å². The van der Waals surface area contributed by atoms with Gasteiger partial charge in [0.15, 0.2) is 0 Å². The summed E-state index contributed by atoms with van der Waals surface area (Å²) in [4.78, 5) is 10.8.